The van der Waals surface area contributed by atoms with Gasteiger partial charge in [-0.15, -0.1) is 0 Å². The monoisotopic (exact) mass is 401 g/mol. The number of aromatic nitrogens is 2. The van der Waals surface area contributed by atoms with E-state index in [0.29, 0.717) is 6.04 Å². The summed E-state index contributed by atoms with van der Waals surface area (Å²) >= 11 is 0. The van der Waals surface area contributed by atoms with E-state index in [-0.39, 0.29) is 23.2 Å². The second-order valence-electron chi connectivity index (χ2n) is 9.08. The number of hydrogen-bond donors (Lipinski definition) is 0. The Kier molecular flexibility index (Phi) is 4.63. The van der Waals surface area contributed by atoms with Crippen molar-refractivity contribution < 1.29 is 9.53 Å². The Labute approximate surface area is 177 Å². The minimum Gasteiger partial charge on any atom is -0.381 e. The van der Waals surface area contributed by atoms with E-state index in [9.17, 15) is 10.1 Å². The predicted octanol–water partition coefficient (Wildman–Crippen LogP) is 4.39. The number of nitriles is 1. The van der Waals surface area contributed by atoms with Crippen molar-refractivity contribution in [2.45, 2.75) is 51.0 Å². The minimum absolute atomic E-state index is 0.0180. The van der Waals surface area contributed by atoms with Crippen LogP contribution in [-0.4, -0.2) is 28.8 Å². The number of Topliss-reactive ketones (excluding diaryl/α,β-unsaturated/α-hetero) is 1. The van der Waals surface area contributed by atoms with Gasteiger partial charge in [0.05, 0.1) is 23.0 Å². The van der Waals surface area contributed by atoms with E-state index < -0.39 is 5.41 Å². The van der Waals surface area contributed by atoms with Crippen LogP contribution in [0.15, 0.2) is 42.0 Å². The molecule has 0 bridgehead atoms. The fraction of sp³-hybridized carbons (Fsp3) is 0.480. The van der Waals surface area contributed by atoms with E-state index in [1.165, 1.54) is 16.8 Å². The summed E-state index contributed by atoms with van der Waals surface area (Å²) in [5.41, 5.74) is 4.61. The molecular formula is C25H27N3O2. The summed E-state index contributed by atoms with van der Waals surface area (Å²) < 4.78 is 7.84. The van der Waals surface area contributed by atoms with Crippen molar-refractivity contribution in [2.75, 3.05) is 13.2 Å². The van der Waals surface area contributed by atoms with Gasteiger partial charge in [0.2, 0.25) is 0 Å². The number of fused-ring (bicyclic) bond motifs is 3. The Hall–Kier alpha value is -2.71. The summed E-state index contributed by atoms with van der Waals surface area (Å²) in [6.07, 6.45) is 5.67. The quantitative estimate of drug-likeness (QED) is 0.748. The highest BCUT2D eigenvalue weighted by Gasteiger charge is 2.50. The second-order valence-corrected chi connectivity index (χ2v) is 9.08. The minimum atomic E-state index is -0.397. The molecule has 0 saturated carbocycles. The van der Waals surface area contributed by atoms with Crippen LogP contribution in [0.1, 0.15) is 50.4 Å². The summed E-state index contributed by atoms with van der Waals surface area (Å²) in [5, 5.41) is 14.8. The van der Waals surface area contributed by atoms with E-state index in [4.69, 9.17) is 9.84 Å². The Bertz CT molecular complexity index is 1060. The van der Waals surface area contributed by atoms with Crippen LogP contribution >= 0.6 is 0 Å². The number of carbonyl (C=O) groups excluding carboxylic acids is 1. The summed E-state index contributed by atoms with van der Waals surface area (Å²) in [6.45, 7) is 5.67. The Morgan fingerprint density at radius 3 is 2.63 bits per heavy atom. The van der Waals surface area contributed by atoms with Gasteiger partial charge in [0.25, 0.3) is 0 Å². The van der Waals surface area contributed by atoms with Crippen molar-refractivity contribution in [3.05, 3.63) is 53.2 Å². The van der Waals surface area contributed by atoms with Gasteiger partial charge in [-0.2, -0.15) is 10.4 Å². The summed E-state index contributed by atoms with van der Waals surface area (Å²) in [7, 11) is 0. The normalized spacial score (nSPS) is 29.0. The zero-order valence-corrected chi connectivity index (χ0v) is 17.6. The number of ketones is 1. The fourth-order valence-corrected chi connectivity index (χ4v) is 5.84. The predicted molar refractivity (Wildman–Crippen MR) is 114 cm³/mol. The molecule has 1 aromatic heterocycles. The molecule has 0 amide bonds. The highest BCUT2D eigenvalue weighted by Crippen LogP contribution is 2.51. The maximum Gasteiger partial charge on any atom is 0.176 e. The molecule has 3 atom stereocenters. The van der Waals surface area contributed by atoms with Gasteiger partial charge >= 0.3 is 0 Å². The topological polar surface area (TPSA) is 67.9 Å². The van der Waals surface area contributed by atoms with Gasteiger partial charge in [0.15, 0.2) is 5.78 Å². The van der Waals surface area contributed by atoms with Gasteiger partial charge in [-0.25, -0.2) is 0 Å². The van der Waals surface area contributed by atoms with Crippen LogP contribution in [0, 0.1) is 23.2 Å². The number of rotatable bonds is 2. The van der Waals surface area contributed by atoms with E-state index in [1.807, 2.05) is 19.1 Å². The zero-order chi connectivity index (χ0) is 20.9. The van der Waals surface area contributed by atoms with Crippen LogP contribution in [0.2, 0.25) is 0 Å². The number of nitrogens with zero attached hydrogens (tertiary/aromatic N) is 3. The van der Waals surface area contributed by atoms with Gasteiger partial charge in [0.1, 0.15) is 6.07 Å². The Balaban J connectivity index is 1.73. The van der Waals surface area contributed by atoms with Crippen molar-refractivity contribution >= 4 is 5.78 Å². The molecule has 0 radical (unpaired) electrons. The van der Waals surface area contributed by atoms with Crippen LogP contribution in [-0.2, 0) is 21.4 Å². The first-order chi connectivity index (χ1) is 14.5. The third kappa shape index (κ3) is 2.78. The van der Waals surface area contributed by atoms with Crippen LogP contribution in [0.4, 0.5) is 0 Å². The van der Waals surface area contributed by atoms with E-state index >= 15 is 0 Å². The Morgan fingerprint density at radius 2 is 1.93 bits per heavy atom. The molecule has 1 aromatic carbocycles. The van der Waals surface area contributed by atoms with Crippen molar-refractivity contribution in [3.8, 4) is 17.3 Å². The molecule has 0 spiro atoms. The van der Waals surface area contributed by atoms with Gasteiger partial charge in [-0.1, -0.05) is 50.3 Å². The van der Waals surface area contributed by atoms with Crippen LogP contribution < -0.4 is 0 Å². The number of hydrogen-bond acceptors (Lipinski definition) is 4. The van der Waals surface area contributed by atoms with E-state index in [2.05, 4.69) is 41.9 Å². The van der Waals surface area contributed by atoms with E-state index in [1.54, 1.807) is 0 Å². The zero-order valence-electron chi connectivity index (χ0n) is 17.6. The third-order valence-corrected chi connectivity index (χ3v) is 7.43. The molecule has 30 heavy (non-hydrogen) atoms. The number of benzene rings is 1. The average molecular weight is 402 g/mol. The fourth-order valence-electron chi connectivity index (χ4n) is 5.84. The number of carbonyl (C=O) groups is 1. The lowest BCUT2D eigenvalue weighted by molar-refractivity contribution is -0.121. The van der Waals surface area contributed by atoms with Crippen LogP contribution in [0.25, 0.3) is 11.3 Å². The number of ether oxygens (including phenoxy) is 1. The molecule has 0 N–H and O–H groups in total. The SMILES string of the molecule is C[C@H]1C(=O)C(C#N)=C[C@@]2(C)c3nn(C4CCOCC4)c(-c4ccccc4)c3CC[C@H]12. The molecule has 1 fully saturated rings. The van der Waals surface area contributed by atoms with Gasteiger partial charge in [0, 0.05) is 35.7 Å². The van der Waals surface area contributed by atoms with Crippen molar-refractivity contribution in [1.29, 1.82) is 5.26 Å². The Morgan fingerprint density at radius 1 is 1.20 bits per heavy atom. The lowest BCUT2D eigenvalue weighted by Gasteiger charge is -2.44. The molecule has 154 valence electrons. The lowest BCUT2D eigenvalue weighted by atomic mass is 9.58. The number of allylic oxidation sites excluding steroid dienone is 2. The molecule has 1 aliphatic heterocycles. The second kappa shape index (κ2) is 7.21. The first kappa shape index (κ1) is 19.3. The molecule has 5 heteroatoms. The molecule has 3 aliphatic rings. The summed E-state index contributed by atoms with van der Waals surface area (Å²) in [4.78, 5) is 12.7. The molecule has 5 rings (SSSR count). The molecule has 2 heterocycles. The van der Waals surface area contributed by atoms with Gasteiger partial charge < -0.3 is 4.74 Å². The van der Waals surface area contributed by atoms with Crippen molar-refractivity contribution in [2.24, 2.45) is 11.8 Å². The van der Waals surface area contributed by atoms with Crippen molar-refractivity contribution in [1.82, 2.24) is 9.78 Å². The largest absolute Gasteiger partial charge is 0.381 e. The molecule has 1 saturated heterocycles. The molecular weight excluding hydrogens is 374 g/mol. The van der Waals surface area contributed by atoms with E-state index in [0.717, 1.165) is 44.6 Å². The molecule has 5 nitrogen and oxygen atoms in total. The molecule has 0 unspecified atom stereocenters. The van der Waals surface area contributed by atoms with Gasteiger partial charge in [-0.05, 0) is 31.6 Å². The standard InChI is InChI=1S/C25H27N3O2/c1-16-21-9-8-20-22(17-6-4-3-5-7-17)28(19-10-12-30-13-11-19)27-24(20)25(21,2)14-18(15-26)23(16)29/h3-7,14,16,19,21H,8-13H2,1-2H3/t16-,21-,25-/m1/s1. The average Bonchev–Trinajstić information content (AvgIpc) is 3.18. The van der Waals surface area contributed by atoms with Crippen LogP contribution in [0.3, 0.4) is 0 Å². The molecule has 2 aliphatic carbocycles. The highest BCUT2D eigenvalue weighted by atomic mass is 16.5. The summed E-state index contributed by atoms with van der Waals surface area (Å²) in [6, 6.07) is 13.0. The third-order valence-electron chi connectivity index (χ3n) is 7.43. The smallest absolute Gasteiger partial charge is 0.176 e. The highest BCUT2D eigenvalue weighted by molar-refractivity contribution is 6.02. The first-order valence-electron chi connectivity index (χ1n) is 11.0. The van der Waals surface area contributed by atoms with Crippen molar-refractivity contribution in [3.63, 3.8) is 0 Å². The maximum absolute atomic E-state index is 12.7. The lowest BCUT2D eigenvalue weighted by Crippen LogP contribution is -2.45. The maximum atomic E-state index is 12.7. The van der Waals surface area contributed by atoms with Crippen LogP contribution in [0.5, 0.6) is 0 Å². The molecule has 2 aromatic rings. The first-order valence-corrected chi connectivity index (χ1v) is 11.0. The van der Waals surface area contributed by atoms with Gasteiger partial charge in [-0.3, -0.25) is 9.48 Å². The summed E-state index contributed by atoms with van der Waals surface area (Å²) in [5.74, 6) is 0.00281.